The average molecular weight is 332 g/mol. The molecule has 2 atom stereocenters. The summed E-state index contributed by atoms with van der Waals surface area (Å²) >= 11 is 1.60. The smallest absolute Gasteiger partial charge is 0.241 e. The molecule has 1 aliphatic carbocycles. The SMILES string of the molecule is CC1CC1C(=O)N1CCN(Cc2nc(-c3cccs3)no2)CC1. The molecule has 0 radical (unpaired) electrons. The van der Waals surface area contributed by atoms with Crippen LogP contribution in [0.3, 0.4) is 0 Å². The average Bonchev–Trinajstić information content (AvgIpc) is 3.00. The van der Waals surface area contributed by atoms with Crippen LogP contribution in [0.5, 0.6) is 0 Å². The van der Waals surface area contributed by atoms with Crippen molar-refractivity contribution in [2.75, 3.05) is 26.2 Å². The van der Waals surface area contributed by atoms with Gasteiger partial charge in [-0.05, 0) is 23.8 Å². The molecule has 1 saturated heterocycles. The number of thiophene rings is 1. The van der Waals surface area contributed by atoms with E-state index in [1.807, 2.05) is 22.4 Å². The van der Waals surface area contributed by atoms with E-state index < -0.39 is 0 Å². The van der Waals surface area contributed by atoms with Crippen LogP contribution < -0.4 is 0 Å². The molecule has 0 spiro atoms. The van der Waals surface area contributed by atoms with Gasteiger partial charge in [0.2, 0.25) is 17.6 Å². The summed E-state index contributed by atoms with van der Waals surface area (Å²) in [4.78, 5) is 22.0. The Morgan fingerprint density at radius 3 is 2.83 bits per heavy atom. The van der Waals surface area contributed by atoms with Crippen LogP contribution in [0, 0.1) is 11.8 Å². The molecule has 2 aromatic rings. The van der Waals surface area contributed by atoms with E-state index in [-0.39, 0.29) is 5.92 Å². The third-order valence-electron chi connectivity index (χ3n) is 4.68. The lowest BCUT2D eigenvalue weighted by molar-refractivity contribution is -0.134. The predicted octanol–water partition coefficient (Wildman–Crippen LogP) is 2.10. The molecule has 4 rings (SSSR count). The van der Waals surface area contributed by atoms with Crippen molar-refractivity contribution in [3.05, 3.63) is 23.4 Å². The van der Waals surface area contributed by atoms with Crippen molar-refractivity contribution in [1.82, 2.24) is 19.9 Å². The zero-order valence-electron chi connectivity index (χ0n) is 13.1. The van der Waals surface area contributed by atoms with Gasteiger partial charge < -0.3 is 9.42 Å². The molecular formula is C16H20N4O2S. The lowest BCUT2D eigenvalue weighted by Crippen LogP contribution is -2.48. The number of aromatic nitrogens is 2. The minimum absolute atomic E-state index is 0.283. The van der Waals surface area contributed by atoms with Crippen LogP contribution in [-0.2, 0) is 11.3 Å². The molecule has 122 valence electrons. The first kappa shape index (κ1) is 14.8. The van der Waals surface area contributed by atoms with Crippen LogP contribution in [0.4, 0.5) is 0 Å². The highest BCUT2D eigenvalue weighted by molar-refractivity contribution is 7.13. The summed E-state index contributed by atoms with van der Waals surface area (Å²) in [5.74, 6) is 2.51. The number of carbonyl (C=O) groups excluding carboxylic acids is 1. The number of hydrogen-bond donors (Lipinski definition) is 0. The maximum atomic E-state index is 12.2. The van der Waals surface area contributed by atoms with Gasteiger partial charge in [0.15, 0.2) is 0 Å². The van der Waals surface area contributed by atoms with E-state index in [0.29, 0.717) is 30.1 Å². The van der Waals surface area contributed by atoms with Gasteiger partial charge in [0.05, 0.1) is 11.4 Å². The highest BCUT2D eigenvalue weighted by Crippen LogP contribution is 2.39. The van der Waals surface area contributed by atoms with E-state index in [9.17, 15) is 4.79 Å². The van der Waals surface area contributed by atoms with Gasteiger partial charge in [0.25, 0.3) is 0 Å². The molecule has 6 nitrogen and oxygen atoms in total. The second-order valence-electron chi connectivity index (χ2n) is 6.41. The van der Waals surface area contributed by atoms with E-state index in [4.69, 9.17) is 4.52 Å². The molecule has 2 aromatic heterocycles. The first-order chi connectivity index (χ1) is 11.2. The Labute approximate surface area is 139 Å². The van der Waals surface area contributed by atoms with E-state index in [0.717, 1.165) is 37.5 Å². The quantitative estimate of drug-likeness (QED) is 0.858. The Hall–Kier alpha value is -1.73. The summed E-state index contributed by atoms with van der Waals surface area (Å²) in [6.07, 6.45) is 1.06. The largest absolute Gasteiger partial charge is 0.340 e. The maximum absolute atomic E-state index is 12.2. The summed E-state index contributed by atoms with van der Waals surface area (Å²) in [6.45, 7) is 6.13. The number of amides is 1. The molecular weight excluding hydrogens is 312 g/mol. The Kier molecular flexibility index (Phi) is 3.90. The fraction of sp³-hybridized carbons (Fsp3) is 0.562. The molecule has 23 heavy (non-hydrogen) atoms. The lowest BCUT2D eigenvalue weighted by atomic mass is 10.2. The summed E-state index contributed by atoms with van der Waals surface area (Å²) < 4.78 is 5.35. The molecule has 2 unspecified atom stereocenters. The minimum atomic E-state index is 0.283. The topological polar surface area (TPSA) is 62.5 Å². The first-order valence-corrected chi connectivity index (χ1v) is 8.96. The highest BCUT2D eigenvalue weighted by atomic mass is 32.1. The second-order valence-corrected chi connectivity index (χ2v) is 7.36. The van der Waals surface area contributed by atoms with Crippen LogP contribution >= 0.6 is 11.3 Å². The zero-order valence-corrected chi connectivity index (χ0v) is 14.0. The van der Waals surface area contributed by atoms with Gasteiger partial charge in [-0.15, -0.1) is 11.3 Å². The minimum Gasteiger partial charge on any atom is -0.340 e. The van der Waals surface area contributed by atoms with Crippen molar-refractivity contribution < 1.29 is 9.32 Å². The van der Waals surface area contributed by atoms with Gasteiger partial charge in [0.1, 0.15) is 0 Å². The van der Waals surface area contributed by atoms with E-state index in [1.54, 1.807) is 11.3 Å². The van der Waals surface area contributed by atoms with Gasteiger partial charge in [0, 0.05) is 32.1 Å². The molecule has 0 aromatic carbocycles. The third kappa shape index (κ3) is 3.16. The number of nitrogens with zero attached hydrogens (tertiary/aromatic N) is 4. The molecule has 2 fully saturated rings. The normalized spacial score (nSPS) is 24.8. The van der Waals surface area contributed by atoms with Crippen LogP contribution in [-0.4, -0.2) is 52.0 Å². The van der Waals surface area contributed by atoms with Crippen molar-refractivity contribution in [1.29, 1.82) is 0 Å². The summed E-state index contributed by atoms with van der Waals surface area (Å²) in [6, 6.07) is 3.97. The standard InChI is InChI=1S/C16H20N4O2S/c1-11-9-12(11)16(21)20-6-4-19(5-7-20)10-14-17-15(18-22-14)13-3-2-8-23-13/h2-3,8,11-12H,4-7,9-10H2,1H3. The third-order valence-corrected chi connectivity index (χ3v) is 5.54. The Morgan fingerprint density at radius 1 is 1.39 bits per heavy atom. The van der Waals surface area contributed by atoms with Gasteiger partial charge >= 0.3 is 0 Å². The zero-order chi connectivity index (χ0) is 15.8. The molecule has 3 heterocycles. The van der Waals surface area contributed by atoms with Crippen molar-refractivity contribution >= 4 is 17.2 Å². The Bertz CT molecular complexity index is 676. The van der Waals surface area contributed by atoms with Gasteiger partial charge in [-0.3, -0.25) is 9.69 Å². The number of piperazine rings is 1. The van der Waals surface area contributed by atoms with Crippen LogP contribution in [0.1, 0.15) is 19.2 Å². The van der Waals surface area contributed by atoms with Gasteiger partial charge in [-0.2, -0.15) is 4.98 Å². The fourth-order valence-electron chi connectivity index (χ4n) is 3.04. The van der Waals surface area contributed by atoms with Crippen molar-refractivity contribution in [3.8, 4) is 10.7 Å². The van der Waals surface area contributed by atoms with E-state index >= 15 is 0 Å². The van der Waals surface area contributed by atoms with Gasteiger partial charge in [-0.25, -0.2) is 0 Å². The molecule has 2 aliphatic rings. The molecule has 1 amide bonds. The molecule has 0 N–H and O–H groups in total. The summed E-state index contributed by atoms with van der Waals surface area (Å²) in [5, 5.41) is 6.04. The number of rotatable bonds is 4. The Morgan fingerprint density at radius 2 is 2.17 bits per heavy atom. The fourth-order valence-corrected chi connectivity index (χ4v) is 3.69. The van der Waals surface area contributed by atoms with Gasteiger partial charge in [-0.1, -0.05) is 18.1 Å². The van der Waals surface area contributed by atoms with Crippen LogP contribution in [0.25, 0.3) is 10.7 Å². The monoisotopic (exact) mass is 332 g/mol. The lowest BCUT2D eigenvalue weighted by Gasteiger charge is -2.34. The second kappa shape index (κ2) is 6.05. The first-order valence-electron chi connectivity index (χ1n) is 8.08. The van der Waals surface area contributed by atoms with E-state index in [1.165, 1.54) is 0 Å². The van der Waals surface area contributed by atoms with Crippen molar-refractivity contribution in [2.24, 2.45) is 11.8 Å². The molecule has 1 aliphatic heterocycles. The van der Waals surface area contributed by atoms with Crippen molar-refractivity contribution in [3.63, 3.8) is 0 Å². The maximum Gasteiger partial charge on any atom is 0.241 e. The number of hydrogen-bond acceptors (Lipinski definition) is 6. The van der Waals surface area contributed by atoms with Crippen LogP contribution in [0.2, 0.25) is 0 Å². The predicted molar refractivity (Wildman–Crippen MR) is 86.7 cm³/mol. The summed E-state index contributed by atoms with van der Waals surface area (Å²) in [7, 11) is 0. The molecule has 1 saturated carbocycles. The number of carbonyl (C=O) groups is 1. The Balaban J connectivity index is 1.30. The molecule has 7 heteroatoms. The summed E-state index contributed by atoms with van der Waals surface area (Å²) in [5.41, 5.74) is 0. The molecule has 0 bridgehead atoms. The highest BCUT2D eigenvalue weighted by Gasteiger charge is 2.41. The van der Waals surface area contributed by atoms with E-state index in [2.05, 4.69) is 22.0 Å². The van der Waals surface area contributed by atoms with Crippen LogP contribution in [0.15, 0.2) is 22.0 Å². The van der Waals surface area contributed by atoms with Crippen molar-refractivity contribution in [2.45, 2.75) is 19.9 Å².